The molecule has 0 heterocycles. The van der Waals surface area contributed by atoms with Crippen LogP contribution in [0.2, 0.25) is 0 Å². The first-order valence-corrected chi connectivity index (χ1v) is 2.85. The first-order valence-electron chi connectivity index (χ1n) is 2.85. The molecule has 0 aromatic heterocycles. The fraction of sp³-hybridized carbons (Fsp3) is 0.125. The van der Waals surface area contributed by atoms with Crippen LogP contribution < -0.4 is 0 Å². The Labute approximate surface area is 55.1 Å². The number of hydrogen-bond donors (Lipinski definition) is 0. The molecule has 0 spiro atoms. The molecule has 0 aliphatic heterocycles. The Hall–Kier alpha value is -1.11. The second-order valence-corrected chi connectivity index (χ2v) is 1.98. The summed E-state index contributed by atoms with van der Waals surface area (Å²) in [5.41, 5.74) is 2.07. The Morgan fingerprint density at radius 1 is 1.44 bits per heavy atom. The highest BCUT2D eigenvalue weighted by atomic mass is 14.7. The normalized spacial score (nSPS) is 17.3. The van der Waals surface area contributed by atoms with Crippen molar-refractivity contribution in [1.82, 2.24) is 0 Å². The Kier molecular flexibility index (Phi) is 1.63. The van der Waals surface area contributed by atoms with Gasteiger partial charge in [-0.3, -0.25) is 4.99 Å². The molecule has 1 nitrogen and oxygen atoms in total. The fourth-order valence-electron chi connectivity index (χ4n) is 0.692. The molecule has 0 radical (unpaired) electrons. The molecule has 0 saturated heterocycles. The Balaban J connectivity index is 2.73. The second-order valence-electron chi connectivity index (χ2n) is 1.98. The molecule has 1 heteroatoms. The molecule has 0 amide bonds. The lowest BCUT2D eigenvalue weighted by atomic mass is 10.1. The van der Waals surface area contributed by atoms with Crippen LogP contribution in [0.25, 0.3) is 0 Å². The van der Waals surface area contributed by atoms with Crippen LogP contribution in [0.5, 0.6) is 0 Å². The maximum atomic E-state index is 3.79. The minimum atomic E-state index is 0.908. The highest BCUT2D eigenvalue weighted by Crippen LogP contribution is 2.13. The lowest BCUT2D eigenvalue weighted by molar-refractivity contribution is 1.21. The van der Waals surface area contributed by atoms with Crippen LogP contribution in [-0.4, -0.2) is 6.72 Å². The maximum Gasteiger partial charge on any atom is 0.0585 e. The summed E-state index contributed by atoms with van der Waals surface area (Å²) >= 11 is 0. The third kappa shape index (κ3) is 1.39. The van der Waals surface area contributed by atoms with E-state index in [2.05, 4.69) is 18.3 Å². The molecule has 0 saturated carbocycles. The van der Waals surface area contributed by atoms with E-state index in [0.717, 1.165) is 17.7 Å². The zero-order chi connectivity index (χ0) is 6.69. The molecule has 0 aromatic rings. The first kappa shape index (κ1) is 6.02. The molecule has 0 aromatic carbocycles. The van der Waals surface area contributed by atoms with Gasteiger partial charge in [-0.2, -0.15) is 0 Å². The van der Waals surface area contributed by atoms with E-state index < -0.39 is 0 Å². The average Bonchev–Trinajstić information content (AvgIpc) is 1.90. The van der Waals surface area contributed by atoms with Gasteiger partial charge in [-0.25, -0.2) is 0 Å². The molecule has 46 valence electrons. The van der Waals surface area contributed by atoms with Gasteiger partial charge in [0.25, 0.3) is 0 Å². The topological polar surface area (TPSA) is 12.4 Å². The van der Waals surface area contributed by atoms with Crippen molar-refractivity contribution in [3.05, 3.63) is 36.1 Å². The molecule has 0 bridgehead atoms. The number of nitrogens with zero attached hydrogens (tertiary/aromatic N) is 1. The summed E-state index contributed by atoms with van der Waals surface area (Å²) in [7, 11) is 0. The van der Waals surface area contributed by atoms with E-state index >= 15 is 0 Å². The summed E-state index contributed by atoms with van der Waals surface area (Å²) in [6.07, 6.45) is 6.79. The molecule has 0 unspecified atom stereocenters. The Bertz CT molecular complexity index is 197. The molecule has 1 aliphatic rings. The first-order chi connectivity index (χ1) is 4.33. The molecular formula is C8H9N. The maximum absolute atomic E-state index is 3.79. The zero-order valence-electron chi connectivity index (χ0n) is 5.30. The lowest BCUT2D eigenvalue weighted by Crippen LogP contribution is -1.82. The van der Waals surface area contributed by atoms with Gasteiger partial charge in [0, 0.05) is 0 Å². The summed E-state index contributed by atoms with van der Waals surface area (Å²) in [6.45, 7) is 7.20. The zero-order valence-corrected chi connectivity index (χ0v) is 5.30. The van der Waals surface area contributed by atoms with E-state index in [-0.39, 0.29) is 0 Å². The standard InChI is InChI=1S/C8H9N/c1-7-3-5-8(9-2)6-4-7/h3,5-6H,1-2,4H2. The van der Waals surface area contributed by atoms with Crippen LogP contribution in [0.3, 0.4) is 0 Å². The van der Waals surface area contributed by atoms with Crippen molar-refractivity contribution in [2.24, 2.45) is 4.99 Å². The predicted octanol–water partition coefficient (Wildman–Crippen LogP) is 2.09. The van der Waals surface area contributed by atoms with E-state index in [1.165, 1.54) is 0 Å². The van der Waals surface area contributed by atoms with Crippen LogP contribution in [0.1, 0.15) is 6.42 Å². The van der Waals surface area contributed by atoms with Crippen molar-refractivity contribution in [2.45, 2.75) is 6.42 Å². The number of aliphatic imine (C=N–C) groups is 1. The van der Waals surface area contributed by atoms with Gasteiger partial charge in [0.1, 0.15) is 0 Å². The largest absolute Gasteiger partial charge is 0.265 e. The van der Waals surface area contributed by atoms with Crippen molar-refractivity contribution < 1.29 is 0 Å². The van der Waals surface area contributed by atoms with Crippen LogP contribution in [0.4, 0.5) is 0 Å². The Morgan fingerprint density at radius 3 is 2.67 bits per heavy atom. The van der Waals surface area contributed by atoms with Gasteiger partial charge in [0.15, 0.2) is 0 Å². The quantitative estimate of drug-likeness (QED) is 0.469. The Morgan fingerprint density at radius 2 is 2.22 bits per heavy atom. The number of rotatable bonds is 1. The van der Waals surface area contributed by atoms with E-state index in [1.807, 2.05) is 18.2 Å². The third-order valence-electron chi connectivity index (χ3n) is 1.25. The van der Waals surface area contributed by atoms with Gasteiger partial charge in [0.2, 0.25) is 0 Å². The molecule has 1 rings (SSSR count). The van der Waals surface area contributed by atoms with E-state index in [9.17, 15) is 0 Å². The van der Waals surface area contributed by atoms with Crippen molar-refractivity contribution >= 4 is 6.72 Å². The summed E-state index contributed by atoms with van der Waals surface area (Å²) in [5, 5.41) is 0. The monoisotopic (exact) mass is 119 g/mol. The van der Waals surface area contributed by atoms with Gasteiger partial charge in [-0.15, -0.1) is 0 Å². The minimum absolute atomic E-state index is 0.908. The molecular weight excluding hydrogens is 110 g/mol. The van der Waals surface area contributed by atoms with Gasteiger partial charge >= 0.3 is 0 Å². The highest BCUT2D eigenvalue weighted by Gasteiger charge is 1.94. The molecule has 9 heavy (non-hydrogen) atoms. The van der Waals surface area contributed by atoms with Crippen LogP contribution in [0, 0.1) is 0 Å². The van der Waals surface area contributed by atoms with Gasteiger partial charge in [-0.05, 0) is 19.2 Å². The predicted molar refractivity (Wildman–Crippen MR) is 40.5 cm³/mol. The highest BCUT2D eigenvalue weighted by molar-refractivity contribution is 5.38. The summed E-state index contributed by atoms with van der Waals surface area (Å²) < 4.78 is 0. The average molecular weight is 119 g/mol. The number of allylic oxidation sites excluding steroid dienone is 4. The second kappa shape index (κ2) is 2.44. The molecule has 0 N–H and O–H groups in total. The van der Waals surface area contributed by atoms with E-state index in [1.54, 1.807) is 0 Å². The van der Waals surface area contributed by atoms with E-state index in [4.69, 9.17) is 0 Å². The molecule has 0 atom stereocenters. The van der Waals surface area contributed by atoms with Crippen molar-refractivity contribution in [3.8, 4) is 0 Å². The number of hydrogen-bond acceptors (Lipinski definition) is 1. The van der Waals surface area contributed by atoms with E-state index in [0.29, 0.717) is 0 Å². The summed E-state index contributed by atoms with van der Waals surface area (Å²) in [6, 6.07) is 0. The lowest BCUT2D eigenvalue weighted by Gasteiger charge is -2.01. The van der Waals surface area contributed by atoms with Crippen molar-refractivity contribution in [1.29, 1.82) is 0 Å². The van der Waals surface area contributed by atoms with Gasteiger partial charge < -0.3 is 0 Å². The van der Waals surface area contributed by atoms with Crippen molar-refractivity contribution in [3.63, 3.8) is 0 Å². The van der Waals surface area contributed by atoms with Crippen molar-refractivity contribution in [2.75, 3.05) is 0 Å². The van der Waals surface area contributed by atoms with Crippen LogP contribution in [0.15, 0.2) is 41.1 Å². The summed E-state index contributed by atoms with van der Waals surface area (Å²) in [4.78, 5) is 3.77. The SMILES string of the molecule is C=NC1=CCC(=C)C=C1. The minimum Gasteiger partial charge on any atom is -0.265 e. The molecule has 1 aliphatic carbocycles. The molecule has 0 fully saturated rings. The fourth-order valence-corrected chi connectivity index (χ4v) is 0.692. The summed E-state index contributed by atoms with van der Waals surface area (Å²) in [5.74, 6) is 0. The van der Waals surface area contributed by atoms with Gasteiger partial charge in [0.05, 0.1) is 5.70 Å². The third-order valence-corrected chi connectivity index (χ3v) is 1.25. The smallest absolute Gasteiger partial charge is 0.0585 e. The van der Waals surface area contributed by atoms with Gasteiger partial charge in [-0.1, -0.05) is 24.3 Å². The van der Waals surface area contributed by atoms with Crippen LogP contribution in [-0.2, 0) is 0 Å². The van der Waals surface area contributed by atoms with Crippen LogP contribution >= 0.6 is 0 Å².